The number of carbonyl (C=O) groups excluding carboxylic acids is 2. The van der Waals surface area contributed by atoms with Gasteiger partial charge in [-0.05, 0) is 96.3 Å². The normalized spacial score (nSPS) is 13.7. The number of ether oxygens (including phenoxy) is 2. The van der Waals surface area contributed by atoms with Crippen LogP contribution in [0.15, 0.2) is 122 Å². The molecule has 314 valence electrons. The van der Waals surface area contributed by atoms with Crippen molar-refractivity contribution in [3.63, 3.8) is 0 Å². The van der Waals surface area contributed by atoms with E-state index in [1.54, 1.807) is 0 Å². The lowest BCUT2D eigenvalue weighted by Crippen LogP contribution is -2.29. The third-order valence-corrected chi connectivity index (χ3v) is 8.46. The zero-order chi connectivity index (χ0) is 41.1. The number of phosphoric acid groups is 1. The number of esters is 2. The molecule has 0 aromatic rings. The van der Waals surface area contributed by atoms with E-state index < -0.39 is 32.5 Å². The molecule has 2 N–H and O–H groups in total. The average Bonchev–Trinajstić information content (AvgIpc) is 3.17. The van der Waals surface area contributed by atoms with Gasteiger partial charge in [-0.3, -0.25) is 14.1 Å². The Morgan fingerprint density at radius 3 is 1.32 bits per heavy atom. The lowest BCUT2D eigenvalue weighted by atomic mass is 10.1. The smallest absolute Gasteiger partial charge is 0.462 e. The lowest BCUT2D eigenvalue weighted by molar-refractivity contribution is -0.161. The molecule has 0 aliphatic rings. The molecule has 0 heterocycles. The second-order valence-corrected chi connectivity index (χ2v) is 14.5. The Morgan fingerprint density at radius 2 is 0.893 bits per heavy atom. The fourth-order valence-corrected chi connectivity index (χ4v) is 5.27. The molecule has 0 aliphatic heterocycles. The van der Waals surface area contributed by atoms with Crippen LogP contribution in [0.4, 0.5) is 0 Å². The standard InChI is InChI=1S/C47H73O8P/c1-3-5-7-9-11-13-15-17-19-21-23-25-27-29-31-33-35-37-39-41-46(48)53-43-45(44-54-56(50,51)52)55-47(49)42-40-38-36-34-32-30-28-26-24-22-20-18-16-14-12-10-8-6-4-2/h5,7,11-14,17-20,23-26,29-32,35,37,45H,3-4,6,8-10,15-16,21-22,27-28,33-34,36,38-44H2,1-2H3,(H2,50,51,52)/b7-5+,13-11+,14-12+,19-17+,20-18+,25-23+,26-24+,31-29+,32-30+,37-35+/t45-/m1/s1. The third-order valence-electron chi connectivity index (χ3n) is 7.98. The quantitative estimate of drug-likeness (QED) is 0.0278. The molecule has 0 fully saturated rings. The second-order valence-electron chi connectivity index (χ2n) is 13.2. The Bertz CT molecular complexity index is 1310. The van der Waals surface area contributed by atoms with Crippen molar-refractivity contribution >= 4 is 19.8 Å². The molecule has 9 heteroatoms. The summed E-state index contributed by atoms with van der Waals surface area (Å²) < 4.78 is 26.3. The molecule has 0 amide bonds. The molecule has 0 aromatic heterocycles. The number of phosphoric ester groups is 1. The summed E-state index contributed by atoms with van der Waals surface area (Å²) in [6.45, 7) is 3.43. The maximum absolute atomic E-state index is 12.4. The van der Waals surface area contributed by atoms with Crippen LogP contribution in [-0.4, -0.2) is 41.0 Å². The van der Waals surface area contributed by atoms with Gasteiger partial charge >= 0.3 is 19.8 Å². The molecule has 0 radical (unpaired) electrons. The van der Waals surface area contributed by atoms with E-state index in [4.69, 9.17) is 19.3 Å². The van der Waals surface area contributed by atoms with Crippen molar-refractivity contribution in [1.29, 1.82) is 0 Å². The molecule has 8 nitrogen and oxygen atoms in total. The van der Waals surface area contributed by atoms with Crippen molar-refractivity contribution in [3.05, 3.63) is 122 Å². The molecule has 0 saturated carbocycles. The summed E-state index contributed by atoms with van der Waals surface area (Å²) in [7, 11) is -4.79. The molecule has 0 saturated heterocycles. The van der Waals surface area contributed by atoms with E-state index in [-0.39, 0.29) is 19.4 Å². The molecule has 0 spiro atoms. The minimum Gasteiger partial charge on any atom is -0.462 e. The van der Waals surface area contributed by atoms with Crippen LogP contribution >= 0.6 is 7.82 Å². The highest BCUT2D eigenvalue weighted by Gasteiger charge is 2.22. The fraction of sp³-hybridized carbons (Fsp3) is 0.532. The Labute approximate surface area is 339 Å². The lowest BCUT2D eigenvalue weighted by Gasteiger charge is -2.18. The van der Waals surface area contributed by atoms with Gasteiger partial charge < -0.3 is 19.3 Å². The van der Waals surface area contributed by atoms with Crippen molar-refractivity contribution in [1.82, 2.24) is 0 Å². The van der Waals surface area contributed by atoms with Crippen LogP contribution in [-0.2, 0) is 28.2 Å². The van der Waals surface area contributed by atoms with Crippen LogP contribution in [0.25, 0.3) is 0 Å². The van der Waals surface area contributed by atoms with Crippen LogP contribution in [0.3, 0.4) is 0 Å². The van der Waals surface area contributed by atoms with Gasteiger partial charge in [-0.1, -0.05) is 155 Å². The summed E-state index contributed by atoms with van der Waals surface area (Å²) in [6, 6.07) is 0. The highest BCUT2D eigenvalue weighted by molar-refractivity contribution is 7.46. The zero-order valence-electron chi connectivity index (χ0n) is 34.5. The predicted molar refractivity (Wildman–Crippen MR) is 234 cm³/mol. The summed E-state index contributed by atoms with van der Waals surface area (Å²) >= 11 is 0. The zero-order valence-corrected chi connectivity index (χ0v) is 35.4. The molecule has 0 aromatic carbocycles. The first kappa shape index (κ1) is 52.5. The minimum atomic E-state index is -4.79. The Balaban J connectivity index is 4.16. The van der Waals surface area contributed by atoms with Gasteiger partial charge in [-0.15, -0.1) is 0 Å². The fourth-order valence-electron chi connectivity index (χ4n) is 4.91. The summed E-state index contributed by atoms with van der Waals surface area (Å²) in [5, 5.41) is 0. The van der Waals surface area contributed by atoms with E-state index in [9.17, 15) is 14.2 Å². The van der Waals surface area contributed by atoms with Gasteiger partial charge in [0, 0.05) is 12.8 Å². The SMILES string of the molecule is CC/C=C/C/C=C/C/C=C/C/C=C/C/C=C/C/C=C/CCC(=O)OC[C@H](COP(=O)(O)O)OC(=O)CCCCC/C=C/C/C=C/C/C=C/C/C=C/CCCCC. The summed E-state index contributed by atoms with van der Waals surface area (Å²) in [4.78, 5) is 42.8. The molecule has 0 aliphatic carbocycles. The van der Waals surface area contributed by atoms with E-state index in [0.717, 1.165) is 77.0 Å². The summed E-state index contributed by atoms with van der Waals surface area (Å²) in [5.74, 6) is -1.03. The topological polar surface area (TPSA) is 119 Å². The van der Waals surface area contributed by atoms with Crippen molar-refractivity contribution in [2.75, 3.05) is 13.2 Å². The van der Waals surface area contributed by atoms with Crippen LogP contribution < -0.4 is 0 Å². The summed E-state index contributed by atoms with van der Waals surface area (Å²) in [6.07, 6.45) is 59.3. The molecular weight excluding hydrogens is 723 g/mol. The van der Waals surface area contributed by atoms with Crippen molar-refractivity contribution in [3.8, 4) is 0 Å². The molecular formula is C47H73O8P. The van der Waals surface area contributed by atoms with Gasteiger partial charge in [-0.25, -0.2) is 4.57 Å². The van der Waals surface area contributed by atoms with Gasteiger partial charge in [0.15, 0.2) is 6.10 Å². The van der Waals surface area contributed by atoms with Gasteiger partial charge in [0.25, 0.3) is 0 Å². The molecule has 0 unspecified atom stereocenters. The molecule has 1 atom stereocenters. The van der Waals surface area contributed by atoms with E-state index in [1.165, 1.54) is 25.7 Å². The van der Waals surface area contributed by atoms with Gasteiger partial charge in [0.1, 0.15) is 6.61 Å². The van der Waals surface area contributed by atoms with Gasteiger partial charge in [-0.2, -0.15) is 0 Å². The number of carbonyl (C=O) groups is 2. The van der Waals surface area contributed by atoms with Gasteiger partial charge in [0.2, 0.25) is 0 Å². The highest BCUT2D eigenvalue weighted by Crippen LogP contribution is 2.36. The minimum absolute atomic E-state index is 0.127. The van der Waals surface area contributed by atoms with E-state index in [1.807, 2.05) is 12.2 Å². The second kappa shape index (κ2) is 41.1. The molecule has 0 bridgehead atoms. The monoisotopic (exact) mass is 797 g/mol. The van der Waals surface area contributed by atoms with Crippen LogP contribution in [0.1, 0.15) is 142 Å². The number of unbranched alkanes of at least 4 members (excludes halogenated alkanes) is 6. The number of rotatable bonds is 36. The van der Waals surface area contributed by atoms with Crippen LogP contribution in [0, 0.1) is 0 Å². The Hall–Kier alpha value is -3.55. The third kappa shape index (κ3) is 43.2. The molecule has 0 rings (SSSR count). The Kier molecular flexibility index (Phi) is 38.5. The number of hydrogen-bond acceptors (Lipinski definition) is 6. The first-order valence-electron chi connectivity index (χ1n) is 20.8. The van der Waals surface area contributed by atoms with Crippen LogP contribution in [0.2, 0.25) is 0 Å². The number of allylic oxidation sites excluding steroid dienone is 20. The van der Waals surface area contributed by atoms with Crippen molar-refractivity contribution in [2.24, 2.45) is 0 Å². The first-order chi connectivity index (χ1) is 27.3. The van der Waals surface area contributed by atoms with E-state index in [0.29, 0.717) is 12.8 Å². The average molecular weight is 797 g/mol. The van der Waals surface area contributed by atoms with Gasteiger partial charge in [0.05, 0.1) is 6.61 Å². The first-order valence-corrected chi connectivity index (χ1v) is 22.4. The van der Waals surface area contributed by atoms with E-state index >= 15 is 0 Å². The highest BCUT2D eigenvalue weighted by atomic mass is 31.2. The maximum atomic E-state index is 12.4. The van der Waals surface area contributed by atoms with Crippen molar-refractivity contribution in [2.45, 2.75) is 148 Å². The maximum Gasteiger partial charge on any atom is 0.469 e. The van der Waals surface area contributed by atoms with Crippen LogP contribution in [0.5, 0.6) is 0 Å². The number of hydrogen-bond donors (Lipinski definition) is 2. The Morgan fingerprint density at radius 1 is 0.482 bits per heavy atom. The largest absolute Gasteiger partial charge is 0.469 e. The molecule has 56 heavy (non-hydrogen) atoms. The van der Waals surface area contributed by atoms with Crippen molar-refractivity contribution < 1.29 is 37.9 Å². The van der Waals surface area contributed by atoms with E-state index in [2.05, 4.69) is 128 Å². The predicted octanol–water partition coefficient (Wildman–Crippen LogP) is 13.0. The summed E-state index contributed by atoms with van der Waals surface area (Å²) in [5.41, 5.74) is 0.